The quantitative estimate of drug-likeness (QED) is 0.329. The molecule has 2 aliphatic carbocycles. The summed E-state index contributed by atoms with van der Waals surface area (Å²) in [4.78, 5) is 43.1. The van der Waals surface area contributed by atoms with E-state index in [-0.39, 0.29) is 30.6 Å². The third-order valence-corrected chi connectivity index (χ3v) is 9.51. The molecular formula is C27H31N4O7S2-. The number of sulfone groups is 1. The molecule has 3 unspecified atom stereocenters. The van der Waals surface area contributed by atoms with Gasteiger partial charge in [-0.2, -0.15) is 0 Å². The van der Waals surface area contributed by atoms with Gasteiger partial charge in [-0.15, -0.1) is 0 Å². The highest BCUT2D eigenvalue weighted by molar-refractivity contribution is 7.92. The molecule has 2 aromatic rings. The van der Waals surface area contributed by atoms with E-state index in [1.165, 1.54) is 12.1 Å². The number of benzene rings is 2. The van der Waals surface area contributed by atoms with Crippen LogP contribution in [0.3, 0.4) is 0 Å². The zero-order valence-corrected chi connectivity index (χ0v) is 23.9. The molecule has 5 rings (SSSR count). The molecule has 13 heteroatoms. The molecule has 0 radical (unpaired) electrons. The Bertz CT molecular complexity index is 1480. The van der Waals surface area contributed by atoms with Gasteiger partial charge in [-0.05, 0) is 67.3 Å². The van der Waals surface area contributed by atoms with E-state index in [0.29, 0.717) is 30.0 Å². The molecule has 0 aromatic heterocycles. The minimum absolute atomic E-state index is 0.0329. The summed E-state index contributed by atoms with van der Waals surface area (Å²) >= 11 is -2.84. The second kappa shape index (κ2) is 10.6. The minimum atomic E-state index is -3.64. The maximum atomic E-state index is 13.7. The van der Waals surface area contributed by atoms with Crippen molar-refractivity contribution in [3.63, 3.8) is 0 Å². The Labute approximate surface area is 235 Å². The van der Waals surface area contributed by atoms with Crippen LogP contribution < -0.4 is 9.62 Å². The van der Waals surface area contributed by atoms with Crippen LogP contribution >= 0.6 is 0 Å². The Morgan fingerprint density at radius 2 is 1.90 bits per heavy atom. The normalized spacial score (nSPS) is 21.7. The molecule has 1 spiro atoms. The number of nitrogens with one attached hydrogen (secondary N) is 1. The van der Waals surface area contributed by atoms with Crippen LogP contribution in [-0.2, 0) is 49.2 Å². The van der Waals surface area contributed by atoms with Crippen molar-refractivity contribution in [3.8, 4) is 0 Å². The number of carbonyl (C=O) groups is 3. The third kappa shape index (κ3) is 5.50. The van der Waals surface area contributed by atoms with Gasteiger partial charge in [0.2, 0.25) is 5.91 Å². The molecule has 4 amide bonds. The monoisotopic (exact) mass is 587 g/mol. The number of imide groups is 1. The Morgan fingerprint density at radius 1 is 1.20 bits per heavy atom. The van der Waals surface area contributed by atoms with E-state index in [4.69, 9.17) is 0 Å². The Kier molecular flexibility index (Phi) is 7.48. The van der Waals surface area contributed by atoms with Crippen LogP contribution in [0.5, 0.6) is 0 Å². The molecule has 40 heavy (non-hydrogen) atoms. The predicted octanol–water partition coefficient (Wildman–Crippen LogP) is 1.81. The average molecular weight is 588 g/mol. The van der Waals surface area contributed by atoms with Crippen LogP contribution in [-0.4, -0.2) is 69.5 Å². The van der Waals surface area contributed by atoms with E-state index in [1.807, 2.05) is 37.3 Å². The molecule has 2 fully saturated rings. The molecule has 1 saturated heterocycles. The van der Waals surface area contributed by atoms with Gasteiger partial charge in [-0.3, -0.25) is 23.0 Å². The molecule has 3 aliphatic rings. The van der Waals surface area contributed by atoms with Gasteiger partial charge in [0.15, 0.2) is 9.84 Å². The molecule has 2 aromatic carbocycles. The number of fused-ring (bicyclic) bond motifs is 2. The molecule has 1 heterocycles. The Morgan fingerprint density at radius 3 is 2.52 bits per heavy atom. The number of anilines is 1. The van der Waals surface area contributed by atoms with Crippen molar-refractivity contribution < 1.29 is 31.6 Å². The summed E-state index contributed by atoms with van der Waals surface area (Å²) in [5.74, 6) is -1.18. The van der Waals surface area contributed by atoms with Crippen LogP contribution in [0.2, 0.25) is 0 Å². The van der Waals surface area contributed by atoms with Crippen molar-refractivity contribution in [1.29, 1.82) is 0 Å². The predicted molar refractivity (Wildman–Crippen MR) is 147 cm³/mol. The zero-order valence-electron chi connectivity index (χ0n) is 22.2. The molecule has 1 aliphatic heterocycles. The van der Waals surface area contributed by atoms with Gasteiger partial charge in [-0.1, -0.05) is 36.4 Å². The lowest BCUT2D eigenvalue weighted by molar-refractivity contribution is -0.141. The van der Waals surface area contributed by atoms with E-state index in [1.54, 1.807) is 11.0 Å². The standard InChI is InChI=1S/C27H32N4O7S2/c1-18(20-8-9-20)29(15-19-6-4-3-5-7-19)24(32)16-30-25(33)27(28-26(30)34)13-12-21-14-22(10-11-23(21)27)31(39(35)36)17-40(2,37)38/h3-7,10-11,14,18,20H,8-9,12-13,15-17H2,1-2H3,(H,28,34)(H,35,36)/p-1. The highest BCUT2D eigenvalue weighted by Gasteiger charge is 2.56. The number of nitrogens with zero attached hydrogens (tertiary/aromatic N) is 3. The van der Waals surface area contributed by atoms with Gasteiger partial charge in [0.05, 0.1) is 0 Å². The van der Waals surface area contributed by atoms with Crippen LogP contribution in [0.25, 0.3) is 0 Å². The SMILES string of the molecule is CC(C1CC1)N(Cc1ccccc1)C(=O)CN1C(=O)NC2(CCc3cc(N(CS(C)(=O)=O)S(=O)[O-])ccc32)C1=O. The van der Waals surface area contributed by atoms with Gasteiger partial charge >= 0.3 is 6.03 Å². The van der Waals surface area contributed by atoms with Gasteiger partial charge in [-0.25, -0.2) is 13.2 Å². The highest BCUT2D eigenvalue weighted by Crippen LogP contribution is 2.43. The fraction of sp³-hybridized carbons (Fsp3) is 0.444. The number of amides is 4. The number of hydrogen-bond acceptors (Lipinski definition) is 7. The van der Waals surface area contributed by atoms with Crippen molar-refractivity contribution in [1.82, 2.24) is 15.1 Å². The first-order chi connectivity index (χ1) is 18.9. The molecule has 214 valence electrons. The molecular weight excluding hydrogens is 556 g/mol. The smallest absolute Gasteiger partial charge is 0.325 e. The van der Waals surface area contributed by atoms with Crippen LogP contribution in [0.1, 0.15) is 42.9 Å². The summed E-state index contributed by atoms with van der Waals surface area (Å²) in [5, 5.41) is 2.79. The summed E-state index contributed by atoms with van der Waals surface area (Å²) in [6.07, 6.45) is 3.59. The number of aryl methyl sites for hydroxylation is 1. The lowest BCUT2D eigenvalue weighted by atomic mass is 9.91. The molecule has 3 atom stereocenters. The first-order valence-electron chi connectivity index (χ1n) is 13.0. The fourth-order valence-electron chi connectivity index (χ4n) is 5.65. The van der Waals surface area contributed by atoms with Gasteiger partial charge in [0.25, 0.3) is 5.91 Å². The third-order valence-electron chi connectivity index (χ3n) is 7.92. The summed E-state index contributed by atoms with van der Waals surface area (Å²) < 4.78 is 47.7. The maximum Gasteiger partial charge on any atom is 0.325 e. The van der Waals surface area contributed by atoms with Crippen LogP contribution in [0.15, 0.2) is 48.5 Å². The second-order valence-electron chi connectivity index (χ2n) is 10.8. The van der Waals surface area contributed by atoms with E-state index < -0.39 is 44.5 Å². The summed E-state index contributed by atoms with van der Waals surface area (Å²) in [5.41, 5.74) is 0.866. The number of urea groups is 1. The van der Waals surface area contributed by atoms with E-state index >= 15 is 0 Å². The van der Waals surface area contributed by atoms with Crippen molar-refractivity contribution in [2.45, 2.75) is 50.7 Å². The van der Waals surface area contributed by atoms with Crippen LogP contribution in [0, 0.1) is 5.92 Å². The van der Waals surface area contributed by atoms with E-state index in [2.05, 4.69) is 5.32 Å². The van der Waals surface area contributed by atoms with Crippen molar-refractivity contribution in [2.24, 2.45) is 5.92 Å². The van der Waals surface area contributed by atoms with Gasteiger partial charge < -0.3 is 14.8 Å². The van der Waals surface area contributed by atoms with E-state index in [0.717, 1.165) is 33.9 Å². The van der Waals surface area contributed by atoms with Crippen molar-refractivity contribution in [2.75, 3.05) is 23.0 Å². The first kappa shape index (κ1) is 28.2. The highest BCUT2D eigenvalue weighted by atomic mass is 32.2. The zero-order chi connectivity index (χ0) is 28.8. The van der Waals surface area contributed by atoms with E-state index in [9.17, 15) is 31.6 Å². The van der Waals surface area contributed by atoms with Crippen molar-refractivity contribution >= 4 is 44.6 Å². The lowest BCUT2D eigenvalue weighted by Crippen LogP contribution is -2.47. The first-order valence-corrected chi connectivity index (χ1v) is 16.1. The average Bonchev–Trinajstić information content (AvgIpc) is 3.66. The van der Waals surface area contributed by atoms with Gasteiger partial charge in [0, 0.05) is 35.8 Å². The Hall–Kier alpha value is -3.29. The summed E-state index contributed by atoms with van der Waals surface area (Å²) in [6.45, 7) is 1.99. The lowest BCUT2D eigenvalue weighted by Gasteiger charge is -2.31. The number of hydrogen-bond donors (Lipinski definition) is 1. The summed E-state index contributed by atoms with van der Waals surface area (Å²) in [6, 6.07) is 13.4. The second-order valence-corrected chi connectivity index (χ2v) is 13.8. The summed E-state index contributed by atoms with van der Waals surface area (Å²) in [7, 11) is -3.64. The molecule has 1 saturated carbocycles. The fourth-order valence-corrected chi connectivity index (χ4v) is 7.43. The molecule has 0 bridgehead atoms. The number of rotatable bonds is 10. The maximum absolute atomic E-state index is 13.7. The molecule has 11 nitrogen and oxygen atoms in total. The molecule has 1 N–H and O–H groups in total. The topological polar surface area (TPSA) is 147 Å². The van der Waals surface area contributed by atoms with Crippen molar-refractivity contribution in [3.05, 3.63) is 65.2 Å². The Balaban J connectivity index is 1.37. The minimum Gasteiger partial charge on any atom is -0.755 e. The number of carbonyl (C=O) groups excluding carboxylic acids is 3. The van der Waals surface area contributed by atoms with Gasteiger partial charge in [0.1, 0.15) is 18.0 Å². The van der Waals surface area contributed by atoms with Crippen LogP contribution in [0.4, 0.5) is 10.5 Å². The largest absolute Gasteiger partial charge is 0.755 e.